The van der Waals surface area contributed by atoms with Gasteiger partial charge >= 0.3 is 12.0 Å². The van der Waals surface area contributed by atoms with Crippen molar-refractivity contribution < 1.29 is 19.1 Å². The van der Waals surface area contributed by atoms with Crippen LogP contribution in [0.4, 0.5) is 15.6 Å². The molecule has 1 aromatic heterocycles. The van der Waals surface area contributed by atoms with Gasteiger partial charge in [0.25, 0.3) is 0 Å². The molecule has 0 saturated carbocycles. The smallest absolute Gasteiger partial charge is 0.319 e. The number of fused-ring (bicyclic) bond motifs is 1. The highest BCUT2D eigenvalue weighted by Gasteiger charge is 2.09. The lowest BCUT2D eigenvalue weighted by molar-refractivity contribution is -0.142. The van der Waals surface area contributed by atoms with E-state index in [1.165, 1.54) is 11.3 Å². The molecule has 3 N–H and O–H groups in total. The van der Waals surface area contributed by atoms with Crippen LogP contribution in [0, 0.1) is 0 Å². The first kappa shape index (κ1) is 18.7. The van der Waals surface area contributed by atoms with Gasteiger partial charge in [-0.25, -0.2) is 9.78 Å². The average molecular weight is 364 g/mol. The molecule has 25 heavy (non-hydrogen) atoms. The normalized spacial score (nSPS) is 10.3. The largest absolute Gasteiger partial charge is 0.466 e. The minimum atomic E-state index is -0.418. The van der Waals surface area contributed by atoms with E-state index in [2.05, 4.69) is 20.9 Å². The van der Waals surface area contributed by atoms with Crippen LogP contribution in [0.5, 0.6) is 0 Å². The van der Waals surface area contributed by atoms with Crippen LogP contribution in [0.3, 0.4) is 0 Å². The monoisotopic (exact) mass is 364 g/mol. The standard InChI is InChI=1S/C16H20N4O4S/c1-3-13(21)20-16-19-11-9-10(5-6-12(11)25-16)18-15(23)17-8-7-14(22)24-4-2/h5-6,9H,3-4,7-8H2,1-2H3,(H2,17,18,23)(H,19,20,21). The van der Waals surface area contributed by atoms with Gasteiger partial charge in [-0.1, -0.05) is 18.3 Å². The number of rotatable bonds is 7. The number of ether oxygens (including phenoxy) is 1. The fourth-order valence-electron chi connectivity index (χ4n) is 1.95. The maximum atomic E-state index is 11.8. The summed E-state index contributed by atoms with van der Waals surface area (Å²) in [4.78, 5) is 38.8. The summed E-state index contributed by atoms with van der Waals surface area (Å²) < 4.78 is 5.68. The summed E-state index contributed by atoms with van der Waals surface area (Å²) in [6.07, 6.45) is 0.502. The number of carbonyl (C=O) groups is 3. The number of aromatic nitrogens is 1. The number of nitrogens with one attached hydrogen (secondary N) is 3. The quantitative estimate of drug-likeness (QED) is 0.655. The van der Waals surface area contributed by atoms with E-state index in [0.717, 1.165) is 4.70 Å². The van der Waals surface area contributed by atoms with E-state index in [4.69, 9.17) is 4.74 Å². The fraction of sp³-hybridized carbons (Fsp3) is 0.375. The Labute approximate surface area is 149 Å². The summed E-state index contributed by atoms with van der Waals surface area (Å²) in [7, 11) is 0. The molecule has 0 spiro atoms. The molecule has 2 aromatic rings. The number of esters is 1. The number of benzene rings is 1. The molecule has 0 fully saturated rings. The summed E-state index contributed by atoms with van der Waals surface area (Å²) in [6.45, 7) is 4.01. The van der Waals surface area contributed by atoms with Crippen molar-refractivity contribution in [1.82, 2.24) is 10.3 Å². The van der Waals surface area contributed by atoms with Gasteiger partial charge in [0.05, 0.1) is 23.2 Å². The van der Waals surface area contributed by atoms with Gasteiger partial charge < -0.3 is 20.7 Å². The summed E-state index contributed by atoms with van der Waals surface area (Å²) in [5, 5.41) is 8.50. The third-order valence-corrected chi connectivity index (χ3v) is 4.08. The highest BCUT2D eigenvalue weighted by Crippen LogP contribution is 2.28. The van der Waals surface area contributed by atoms with Gasteiger partial charge in [0.2, 0.25) is 5.91 Å². The molecule has 0 atom stereocenters. The second kappa shape index (κ2) is 8.97. The number of thiazole rings is 1. The van der Waals surface area contributed by atoms with Crippen LogP contribution >= 0.6 is 11.3 Å². The molecular formula is C16H20N4O4S. The Morgan fingerprint density at radius 2 is 2.00 bits per heavy atom. The predicted octanol–water partition coefficient (Wildman–Crippen LogP) is 2.72. The van der Waals surface area contributed by atoms with E-state index in [-0.39, 0.29) is 24.8 Å². The van der Waals surface area contributed by atoms with Crippen LogP contribution in [0.15, 0.2) is 18.2 Å². The van der Waals surface area contributed by atoms with E-state index in [1.807, 2.05) is 6.07 Å². The maximum Gasteiger partial charge on any atom is 0.319 e. The molecule has 1 heterocycles. The number of hydrogen-bond acceptors (Lipinski definition) is 6. The van der Waals surface area contributed by atoms with Crippen LogP contribution in [0.2, 0.25) is 0 Å². The molecule has 0 aliphatic rings. The van der Waals surface area contributed by atoms with E-state index < -0.39 is 6.03 Å². The summed E-state index contributed by atoms with van der Waals surface area (Å²) in [5.74, 6) is -0.452. The van der Waals surface area contributed by atoms with Crippen LogP contribution < -0.4 is 16.0 Å². The van der Waals surface area contributed by atoms with Crippen molar-refractivity contribution in [3.63, 3.8) is 0 Å². The number of anilines is 2. The molecule has 0 aliphatic heterocycles. The van der Waals surface area contributed by atoms with Crippen LogP contribution in [-0.4, -0.2) is 36.0 Å². The number of carbonyl (C=O) groups excluding carboxylic acids is 3. The number of urea groups is 1. The zero-order chi connectivity index (χ0) is 18.2. The minimum absolute atomic E-state index is 0.0987. The Kier molecular flexibility index (Phi) is 6.70. The van der Waals surface area contributed by atoms with E-state index in [9.17, 15) is 14.4 Å². The summed E-state index contributed by atoms with van der Waals surface area (Å²) in [6, 6.07) is 4.87. The predicted molar refractivity (Wildman–Crippen MR) is 96.8 cm³/mol. The van der Waals surface area contributed by atoms with Gasteiger partial charge in [0.15, 0.2) is 5.13 Å². The van der Waals surface area contributed by atoms with Crippen LogP contribution in [0.25, 0.3) is 10.2 Å². The topological polar surface area (TPSA) is 109 Å². The van der Waals surface area contributed by atoms with Gasteiger partial charge in [0, 0.05) is 18.7 Å². The van der Waals surface area contributed by atoms with E-state index >= 15 is 0 Å². The molecule has 2 rings (SSSR count). The maximum absolute atomic E-state index is 11.8. The van der Waals surface area contributed by atoms with Crippen molar-refractivity contribution in [2.24, 2.45) is 0 Å². The van der Waals surface area contributed by atoms with E-state index in [0.29, 0.717) is 29.4 Å². The van der Waals surface area contributed by atoms with Crippen LogP contribution in [-0.2, 0) is 14.3 Å². The molecule has 134 valence electrons. The second-order valence-corrected chi connectivity index (χ2v) is 6.07. The Morgan fingerprint density at radius 3 is 2.72 bits per heavy atom. The summed E-state index contributed by atoms with van der Waals surface area (Å²) >= 11 is 1.37. The Balaban J connectivity index is 1.91. The van der Waals surface area contributed by atoms with Crippen molar-refractivity contribution in [3.8, 4) is 0 Å². The van der Waals surface area contributed by atoms with Crippen LogP contribution in [0.1, 0.15) is 26.7 Å². The highest BCUT2D eigenvalue weighted by molar-refractivity contribution is 7.22. The molecule has 1 aromatic carbocycles. The molecule has 0 unspecified atom stereocenters. The molecule has 0 bridgehead atoms. The van der Waals surface area contributed by atoms with E-state index in [1.54, 1.807) is 26.0 Å². The summed E-state index contributed by atoms with van der Waals surface area (Å²) in [5.41, 5.74) is 1.25. The molecule has 0 radical (unpaired) electrons. The highest BCUT2D eigenvalue weighted by atomic mass is 32.1. The molecular weight excluding hydrogens is 344 g/mol. The fourth-order valence-corrected chi connectivity index (χ4v) is 2.82. The first-order chi connectivity index (χ1) is 12.0. The SMILES string of the molecule is CCOC(=O)CCNC(=O)Nc1ccc2sc(NC(=O)CC)nc2c1. The lowest BCUT2D eigenvalue weighted by Gasteiger charge is -2.07. The Hall–Kier alpha value is -2.68. The zero-order valence-corrected chi connectivity index (χ0v) is 14.9. The Morgan fingerprint density at radius 1 is 1.20 bits per heavy atom. The minimum Gasteiger partial charge on any atom is -0.466 e. The molecule has 8 nitrogen and oxygen atoms in total. The number of amides is 3. The van der Waals surface area contributed by atoms with Gasteiger partial charge in [-0.05, 0) is 25.1 Å². The third kappa shape index (κ3) is 5.71. The first-order valence-electron chi connectivity index (χ1n) is 7.92. The van der Waals surface area contributed by atoms with Crippen molar-refractivity contribution in [1.29, 1.82) is 0 Å². The molecule has 0 aliphatic carbocycles. The van der Waals surface area contributed by atoms with Crippen molar-refractivity contribution in [3.05, 3.63) is 18.2 Å². The van der Waals surface area contributed by atoms with Crippen molar-refractivity contribution in [2.45, 2.75) is 26.7 Å². The van der Waals surface area contributed by atoms with Crippen molar-refractivity contribution in [2.75, 3.05) is 23.8 Å². The number of hydrogen-bond donors (Lipinski definition) is 3. The first-order valence-corrected chi connectivity index (χ1v) is 8.74. The number of nitrogens with zero attached hydrogens (tertiary/aromatic N) is 1. The van der Waals surface area contributed by atoms with Gasteiger partial charge in [-0.15, -0.1) is 0 Å². The lowest BCUT2D eigenvalue weighted by atomic mass is 10.3. The second-order valence-electron chi connectivity index (χ2n) is 5.04. The zero-order valence-electron chi connectivity index (χ0n) is 14.0. The van der Waals surface area contributed by atoms with Gasteiger partial charge in [-0.2, -0.15) is 0 Å². The Bertz CT molecular complexity index is 775. The third-order valence-electron chi connectivity index (χ3n) is 3.13. The molecule has 0 saturated heterocycles. The molecule has 9 heteroatoms. The van der Waals surface area contributed by atoms with Crippen molar-refractivity contribution >= 4 is 50.3 Å². The lowest BCUT2D eigenvalue weighted by Crippen LogP contribution is -2.30. The van der Waals surface area contributed by atoms with Gasteiger partial charge in [0.1, 0.15) is 0 Å². The molecule has 3 amide bonds. The van der Waals surface area contributed by atoms with Gasteiger partial charge in [-0.3, -0.25) is 9.59 Å². The average Bonchev–Trinajstić information content (AvgIpc) is 2.96.